The Bertz CT molecular complexity index is 499. The third-order valence-electron chi connectivity index (χ3n) is 3.40. The zero-order valence-electron chi connectivity index (χ0n) is 12.9. The van der Waals surface area contributed by atoms with E-state index in [9.17, 15) is 4.79 Å². The van der Waals surface area contributed by atoms with Crippen molar-refractivity contribution < 1.29 is 9.53 Å². The van der Waals surface area contributed by atoms with Crippen molar-refractivity contribution in [1.82, 2.24) is 10.3 Å². The van der Waals surface area contributed by atoms with Crippen molar-refractivity contribution in [2.45, 2.75) is 45.3 Å². The van der Waals surface area contributed by atoms with E-state index in [0.717, 1.165) is 25.1 Å². The van der Waals surface area contributed by atoms with Gasteiger partial charge in [-0.15, -0.1) is 0 Å². The number of carbonyl (C=O) groups is 1. The summed E-state index contributed by atoms with van der Waals surface area (Å²) in [6.45, 7) is 7.05. The molecule has 0 bridgehead atoms. The number of nitrogens with zero attached hydrogens (tertiary/aromatic N) is 2. The van der Waals surface area contributed by atoms with E-state index in [1.165, 1.54) is 0 Å². The second-order valence-electron chi connectivity index (χ2n) is 6.31. The normalized spacial score (nSPS) is 18.6. The lowest BCUT2D eigenvalue weighted by Gasteiger charge is -2.28. The maximum absolute atomic E-state index is 11.7. The molecule has 0 radical (unpaired) electrons. The van der Waals surface area contributed by atoms with Crippen LogP contribution in [0.15, 0.2) is 18.5 Å². The van der Waals surface area contributed by atoms with Crippen LogP contribution < -0.4 is 16.0 Å². The molecule has 0 unspecified atom stereocenters. The molecule has 116 valence electrons. The van der Waals surface area contributed by atoms with Crippen molar-refractivity contribution >= 4 is 17.5 Å². The summed E-state index contributed by atoms with van der Waals surface area (Å²) in [4.78, 5) is 18.0. The van der Waals surface area contributed by atoms with Gasteiger partial charge in [0.1, 0.15) is 5.60 Å². The molecule has 1 aliphatic rings. The highest BCUT2D eigenvalue weighted by Crippen LogP contribution is 2.29. The van der Waals surface area contributed by atoms with Crippen LogP contribution in [-0.4, -0.2) is 35.8 Å². The van der Waals surface area contributed by atoms with Gasteiger partial charge in [-0.05, 0) is 39.7 Å². The summed E-state index contributed by atoms with van der Waals surface area (Å²) in [6, 6.07) is 2.16. The fraction of sp³-hybridized carbons (Fsp3) is 0.600. The first-order chi connectivity index (χ1) is 9.87. The lowest BCUT2D eigenvalue weighted by molar-refractivity contribution is 0.0525. The molecule has 6 heteroatoms. The monoisotopic (exact) mass is 292 g/mol. The summed E-state index contributed by atoms with van der Waals surface area (Å²) in [5, 5.41) is 2.84. The van der Waals surface area contributed by atoms with Crippen LogP contribution in [0.4, 0.5) is 16.2 Å². The van der Waals surface area contributed by atoms with Gasteiger partial charge in [0, 0.05) is 25.3 Å². The van der Waals surface area contributed by atoms with E-state index in [-0.39, 0.29) is 12.1 Å². The summed E-state index contributed by atoms with van der Waals surface area (Å²) in [5.41, 5.74) is 7.16. The Hall–Kier alpha value is -1.98. The molecule has 1 atom stereocenters. The van der Waals surface area contributed by atoms with Gasteiger partial charge in [-0.3, -0.25) is 4.98 Å². The molecular formula is C15H24N4O2. The van der Waals surface area contributed by atoms with Gasteiger partial charge in [-0.1, -0.05) is 0 Å². The Morgan fingerprint density at radius 1 is 1.57 bits per heavy atom. The average Bonchev–Trinajstić information content (AvgIpc) is 2.83. The number of pyridine rings is 1. The smallest absolute Gasteiger partial charge is 0.407 e. The molecule has 1 aromatic heterocycles. The Morgan fingerprint density at radius 2 is 2.33 bits per heavy atom. The molecule has 1 fully saturated rings. The number of alkyl carbamates (subject to hydrolysis) is 1. The number of nitrogens with one attached hydrogen (secondary N) is 1. The van der Waals surface area contributed by atoms with Crippen molar-refractivity contribution in [3.05, 3.63) is 18.5 Å². The van der Waals surface area contributed by atoms with Gasteiger partial charge < -0.3 is 20.7 Å². The topological polar surface area (TPSA) is 80.5 Å². The fourth-order valence-corrected chi connectivity index (χ4v) is 2.54. The number of amides is 1. The van der Waals surface area contributed by atoms with Gasteiger partial charge in [0.2, 0.25) is 0 Å². The number of nitrogens with two attached hydrogens (primary N) is 1. The zero-order valence-corrected chi connectivity index (χ0v) is 12.9. The number of hydrogen-bond donors (Lipinski definition) is 2. The highest BCUT2D eigenvalue weighted by atomic mass is 16.6. The van der Waals surface area contributed by atoms with E-state index >= 15 is 0 Å². The van der Waals surface area contributed by atoms with Crippen molar-refractivity contribution in [2.75, 3.05) is 23.7 Å². The largest absolute Gasteiger partial charge is 0.444 e. The predicted octanol–water partition coefficient (Wildman–Crippen LogP) is 2.16. The SMILES string of the molecule is CC(C)(C)OC(=O)NC[C@H]1CCCN1c1ccncc1N. The van der Waals surface area contributed by atoms with Crippen molar-refractivity contribution in [2.24, 2.45) is 0 Å². The van der Waals surface area contributed by atoms with E-state index in [0.29, 0.717) is 12.2 Å². The fourth-order valence-electron chi connectivity index (χ4n) is 2.54. The second-order valence-corrected chi connectivity index (χ2v) is 6.31. The summed E-state index contributed by atoms with van der Waals surface area (Å²) in [7, 11) is 0. The van der Waals surface area contributed by atoms with Gasteiger partial charge in [0.05, 0.1) is 17.6 Å². The predicted molar refractivity (Wildman–Crippen MR) is 83.3 cm³/mol. The molecule has 3 N–H and O–H groups in total. The van der Waals surface area contributed by atoms with Gasteiger partial charge in [-0.25, -0.2) is 4.79 Å². The number of ether oxygens (including phenoxy) is 1. The molecular weight excluding hydrogens is 268 g/mol. The molecule has 1 aromatic rings. The molecule has 0 spiro atoms. The number of anilines is 2. The lowest BCUT2D eigenvalue weighted by Crippen LogP contribution is -2.42. The summed E-state index contributed by atoms with van der Waals surface area (Å²) < 4.78 is 5.26. The highest BCUT2D eigenvalue weighted by molar-refractivity contribution is 5.69. The standard InChI is InChI=1S/C15H24N4O2/c1-15(2,3)21-14(20)18-9-11-5-4-8-19(11)13-6-7-17-10-12(13)16/h6-7,10-11H,4-5,8-9,16H2,1-3H3,(H,18,20)/t11-/m1/s1. The average molecular weight is 292 g/mol. The molecule has 0 aliphatic carbocycles. The van der Waals surface area contributed by atoms with Crippen LogP contribution >= 0.6 is 0 Å². The molecule has 0 aromatic carbocycles. The highest BCUT2D eigenvalue weighted by Gasteiger charge is 2.27. The Labute approximate surface area is 125 Å². The number of nitrogen functional groups attached to an aromatic ring is 1. The van der Waals surface area contributed by atoms with E-state index < -0.39 is 5.60 Å². The minimum Gasteiger partial charge on any atom is -0.444 e. The Morgan fingerprint density at radius 3 is 3.00 bits per heavy atom. The molecule has 0 saturated carbocycles. The quantitative estimate of drug-likeness (QED) is 0.892. The summed E-state index contributed by atoms with van der Waals surface area (Å²) in [5.74, 6) is 0. The minimum atomic E-state index is -0.477. The first-order valence-electron chi connectivity index (χ1n) is 7.30. The Kier molecular flexibility index (Phi) is 4.55. The van der Waals surface area contributed by atoms with Crippen LogP contribution in [0, 0.1) is 0 Å². The van der Waals surface area contributed by atoms with E-state index in [1.807, 2.05) is 26.8 Å². The molecule has 2 heterocycles. The second kappa shape index (κ2) is 6.20. The number of hydrogen-bond acceptors (Lipinski definition) is 5. The van der Waals surface area contributed by atoms with Crippen molar-refractivity contribution in [3.8, 4) is 0 Å². The summed E-state index contributed by atoms with van der Waals surface area (Å²) in [6.07, 6.45) is 5.13. The lowest BCUT2D eigenvalue weighted by atomic mass is 10.2. The molecule has 1 saturated heterocycles. The van der Waals surface area contributed by atoms with Gasteiger partial charge >= 0.3 is 6.09 Å². The van der Waals surface area contributed by atoms with Crippen molar-refractivity contribution in [1.29, 1.82) is 0 Å². The van der Waals surface area contributed by atoms with Crippen molar-refractivity contribution in [3.63, 3.8) is 0 Å². The van der Waals surface area contributed by atoms with Crippen LogP contribution in [0.2, 0.25) is 0 Å². The zero-order chi connectivity index (χ0) is 15.5. The summed E-state index contributed by atoms with van der Waals surface area (Å²) >= 11 is 0. The molecule has 2 rings (SSSR count). The van der Waals surface area contributed by atoms with Crippen LogP contribution in [0.25, 0.3) is 0 Å². The van der Waals surface area contributed by atoms with Gasteiger partial charge in [0.25, 0.3) is 0 Å². The van der Waals surface area contributed by atoms with E-state index in [4.69, 9.17) is 10.5 Å². The first-order valence-corrected chi connectivity index (χ1v) is 7.30. The number of aromatic nitrogens is 1. The van der Waals surface area contributed by atoms with Crippen LogP contribution in [0.5, 0.6) is 0 Å². The third kappa shape index (κ3) is 4.24. The number of carbonyl (C=O) groups excluding carboxylic acids is 1. The maximum atomic E-state index is 11.7. The first kappa shape index (κ1) is 15.4. The van der Waals surface area contributed by atoms with E-state index in [2.05, 4.69) is 15.2 Å². The molecule has 1 aliphatic heterocycles. The van der Waals surface area contributed by atoms with Crippen LogP contribution in [-0.2, 0) is 4.74 Å². The minimum absolute atomic E-state index is 0.238. The molecule has 21 heavy (non-hydrogen) atoms. The maximum Gasteiger partial charge on any atom is 0.407 e. The Balaban J connectivity index is 1.94. The van der Waals surface area contributed by atoms with E-state index in [1.54, 1.807) is 12.4 Å². The molecule has 1 amide bonds. The number of rotatable bonds is 3. The molecule has 6 nitrogen and oxygen atoms in total. The van der Waals surface area contributed by atoms with Crippen LogP contribution in [0.3, 0.4) is 0 Å². The van der Waals surface area contributed by atoms with Gasteiger partial charge in [0.15, 0.2) is 0 Å². The van der Waals surface area contributed by atoms with Gasteiger partial charge in [-0.2, -0.15) is 0 Å². The third-order valence-corrected chi connectivity index (χ3v) is 3.40. The van der Waals surface area contributed by atoms with Crippen LogP contribution in [0.1, 0.15) is 33.6 Å².